The lowest BCUT2D eigenvalue weighted by molar-refractivity contribution is 0.0698. The van der Waals surface area contributed by atoms with Crippen LogP contribution in [0.5, 0.6) is 0 Å². The lowest BCUT2D eigenvalue weighted by Crippen LogP contribution is -2.29. The van der Waals surface area contributed by atoms with Crippen LogP contribution in [0.3, 0.4) is 0 Å². The topological polar surface area (TPSA) is 78.4 Å². The van der Waals surface area contributed by atoms with Crippen molar-refractivity contribution in [1.82, 2.24) is 5.32 Å². The van der Waals surface area contributed by atoms with Crippen molar-refractivity contribution >= 4 is 40.9 Å². The Hall–Kier alpha value is -2.24. The second-order valence-corrected chi connectivity index (χ2v) is 5.19. The summed E-state index contributed by atoms with van der Waals surface area (Å²) in [7, 11) is 0. The lowest BCUT2D eigenvalue weighted by Gasteiger charge is -2.12. The number of halogens is 2. The monoisotopic (exact) mass is 338 g/mol. The summed E-state index contributed by atoms with van der Waals surface area (Å²) in [5.41, 5.74) is 0.629. The normalized spacial score (nSPS) is 10.1. The van der Waals surface area contributed by atoms with Crippen molar-refractivity contribution in [3.05, 3.63) is 63.6 Å². The molecule has 2 rings (SSSR count). The number of nitrogens with one attached hydrogen (secondary N) is 2. The summed E-state index contributed by atoms with van der Waals surface area (Å²) in [5.74, 6) is -1.27. The summed E-state index contributed by atoms with van der Waals surface area (Å²) in [6.45, 7) is 0.299. The van der Waals surface area contributed by atoms with Gasteiger partial charge in [0.2, 0.25) is 0 Å². The molecule has 0 fully saturated rings. The second-order valence-electron chi connectivity index (χ2n) is 4.38. The average Bonchev–Trinajstić information content (AvgIpc) is 2.49. The number of hydrogen-bond donors (Lipinski definition) is 3. The second kappa shape index (κ2) is 7.15. The minimum atomic E-state index is -1.27. The molecule has 0 spiro atoms. The van der Waals surface area contributed by atoms with Gasteiger partial charge >= 0.3 is 12.0 Å². The van der Waals surface area contributed by atoms with Crippen LogP contribution in [0.25, 0.3) is 0 Å². The number of hydrogen-bond acceptors (Lipinski definition) is 2. The van der Waals surface area contributed by atoms with E-state index < -0.39 is 12.0 Å². The van der Waals surface area contributed by atoms with E-state index in [0.29, 0.717) is 6.54 Å². The van der Waals surface area contributed by atoms with Gasteiger partial charge in [-0.25, -0.2) is 9.59 Å². The zero-order valence-corrected chi connectivity index (χ0v) is 12.8. The maximum atomic E-state index is 11.9. The Morgan fingerprint density at radius 1 is 1.00 bits per heavy atom. The predicted octanol–water partition coefficient (Wildman–Crippen LogP) is 4.01. The van der Waals surface area contributed by atoms with Gasteiger partial charge in [0.25, 0.3) is 0 Å². The maximum Gasteiger partial charge on any atom is 0.339 e. The molecule has 114 valence electrons. The first-order valence-corrected chi connectivity index (χ1v) is 7.04. The minimum Gasteiger partial charge on any atom is -0.478 e. The highest BCUT2D eigenvalue weighted by molar-refractivity contribution is 6.38. The number of urea groups is 1. The van der Waals surface area contributed by atoms with Crippen LogP contribution in [-0.4, -0.2) is 17.1 Å². The third-order valence-corrected chi connectivity index (χ3v) is 3.48. The van der Waals surface area contributed by atoms with Crippen molar-refractivity contribution in [2.24, 2.45) is 0 Å². The van der Waals surface area contributed by atoms with Crippen molar-refractivity contribution in [2.45, 2.75) is 6.54 Å². The highest BCUT2D eigenvalue weighted by Gasteiger charge is 2.19. The molecule has 0 aliphatic rings. The van der Waals surface area contributed by atoms with Crippen LogP contribution in [0.2, 0.25) is 10.0 Å². The number of aromatic carboxylic acids is 1. The van der Waals surface area contributed by atoms with Gasteiger partial charge in [-0.3, -0.25) is 0 Å². The van der Waals surface area contributed by atoms with Gasteiger partial charge in [-0.05, 0) is 17.7 Å². The number of rotatable bonds is 4. The van der Waals surface area contributed by atoms with Crippen LogP contribution in [0.1, 0.15) is 15.9 Å². The van der Waals surface area contributed by atoms with E-state index in [0.717, 1.165) is 5.56 Å². The molecular formula is C15H12Cl2N2O3. The molecular weight excluding hydrogens is 327 g/mol. The van der Waals surface area contributed by atoms with Gasteiger partial charge in [0.15, 0.2) is 0 Å². The van der Waals surface area contributed by atoms with E-state index in [1.165, 1.54) is 12.1 Å². The fourth-order valence-electron chi connectivity index (χ4n) is 1.82. The van der Waals surface area contributed by atoms with Crippen molar-refractivity contribution in [3.8, 4) is 0 Å². The highest BCUT2D eigenvalue weighted by atomic mass is 35.5. The van der Waals surface area contributed by atoms with E-state index in [2.05, 4.69) is 10.6 Å². The number of carbonyl (C=O) groups excluding carboxylic acids is 1. The Morgan fingerprint density at radius 3 is 2.27 bits per heavy atom. The smallest absolute Gasteiger partial charge is 0.339 e. The van der Waals surface area contributed by atoms with Crippen molar-refractivity contribution < 1.29 is 14.7 Å². The number of anilines is 1. The van der Waals surface area contributed by atoms with Crippen molar-refractivity contribution in [3.63, 3.8) is 0 Å². The molecule has 2 aromatic carbocycles. The number of amides is 2. The zero-order valence-electron chi connectivity index (χ0n) is 11.3. The summed E-state index contributed by atoms with van der Waals surface area (Å²) in [4.78, 5) is 23.1. The molecule has 0 radical (unpaired) electrons. The van der Waals surface area contributed by atoms with Crippen molar-refractivity contribution in [2.75, 3.05) is 5.32 Å². The Morgan fingerprint density at radius 2 is 1.64 bits per heavy atom. The van der Waals surface area contributed by atoms with E-state index in [1.54, 1.807) is 0 Å². The standard InChI is InChI=1S/C15H12Cl2N2O3/c16-10-6-7-11(17)13(12(10)14(20)21)19-15(22)18-8-9-4-2-1-3-5-9/h1-7H,8H2,(H,20,21)(H2,18,19,22). The molecule has 0 aliphatic heterocycles. The van der Waals surface area contributed by atoms with Crippen LogP contribution in [0.4, 0.5) is 10.5 Å². The lowest BCUT2D eigenvalue weighted by atomic mass is 10.1. The van der Waals surface area contributed by atoms with E-state index in [1.807, 2.05) is 30.3 Å². The molecule has 0 bridgehead atoms. The molecule has 2 aromatic rings. The molecule has 0 atom stereocenters. The fourth-order valence-corrected chi connectivity index (χ4v) is 2.26. The Kier molecular flexibility index (Phi) is 5.25. The Labute approximate surface area is 136 Å². The van der Waals surface area contributed by atoms with Crippen LogP contribution in [0, 0.1) is 0 Å². The van der Waals surface area contributed by atoms with Gasteiger partial charge in [0.05, 0.1) is 15.7 Å². The first-order valence-electron chi connectivity index (χ1n) is 6.29. The molecule has 0 aliphatic carbocycles. The van der Waals surface area contributed by atoms with Gasteiger partial charge in [0.1, 0.15) is 5.56 Å². The predicted molar refractivity (Wildman–Crippen MR) is 85.7 cm³/mol. The first-order chi connectivity index (χ1) is 10.5. The minimum absolute atomic E-state index is 0.00439. The van der Waals surface area contributed by atoms with Gasteiger partial charge in [-0.1, -0.05) is 53.5 Å². The summed E-state index contributed by atoms with van der Waals surface area (Å²) in [5, 5.41) is 14.3. The van der Waals surface area contributed by atoms with Crippen LogP contribution < -0.4 is 10.6 Å². The molecule has 0 saturated heterocycles. The molecule has 0 saturated carbocycles. The van der Waals surface area contributed by atoms with E-state index >= 15 is 0 Å². The third-order valence-electron chi connectivity index (χ3n) is 2.85. The van der Waals surface area contributed by atoms with Gasteiger partial charge < -0.3 is 15.7 Å². The Balaban J connectivity index is 2.12. The largest absolute Gasteiger partial charge is 0.478 e. The average molecular weight is 339 g/mol. The fraction of sp³-hybridized carbons (Fsp3) is 0.0667. The summed E-state index contributed by atoms with van der Waals surface area (Å²) < 4.78 is 0. The maximum absolute atomic E-state index is 11.9. The molecule has 0 aromatic heterocycles. The van der Waals surface area contributed by atoms with Gasteiger partial charge in [-0.15, -0.1) is 0 Å². The first kappa shape index (κ1) is 16.1. The van der Waals surface area contributed by atoms with Crippen molar-refractivity contribution in [1.29, 1.82) is 0 Å². The highest BCUT2D eigenvalue weighted by Crippen LogP contribution is 2.31. The number of carboxylic acid groups (broad SMARTS) is 1. The third kappa shape index (κ3) is 3.90. The molecule has 7 heteroatoms. The number of carbonyl (C=O) groups is 2. The molecule has 22 heavy (non-hydrogen) atoms. The van der Waals surface area contributed by atoms with E-state index in [4.69, 9.17) is 23.2 Å². The molecule has 3 N–H and O–H groups in total. The Bertz CT molecular complexity index is 705. The number of carboxylic acids is 1. The molecule has 0 heterocycles. The van der Waals surface area contributed by atoms with Crippen LogP contribution in [-0.2, 0) is 6.54 Å². The van der Waals surface area contributed by atoms with E-state index in [9.17, 15) is 14.7 Å². The summed E-state index contributed by atoms with van der Waals surface area (Å²) in [6.07, 6.45) is 0. The van der Waals surface area contributed by atoms with Crippen LogP contribution in [0.15, 0.2) is 42.5 Å². The molecule has 5 nitrogen and oxygen atoms in total. The number of benzene rings is 2. The SMILES string of the molecule is O=C(NCc1ccccc1)Nc1c(Cl)ccc(Cl)c1C(=O)O. The van der Waals surface area contributed by atoms with Crippen LogP contribution >= 0.6 is 23.2 Å². The summed E-state index contributed by atoms with van der Waals surface area (Å²) >= 11 is 11.8. The summed E-state index contributed by atoms with van der Waals surface area (Å²) in [6, 6.07) is 11.5. The molecule has 0 unspecified atom stereocenters. The van der Waals surface area contributed by atoms with Gasteiger partial charge in [-0.2, -0.15) is 0 Å². The zero-order chi connectivity index (χ0) is 16.1. The van der Waals surface area contributed by atoms with Gasteiger partial charge in [0, 0.05) is 6.54 Å². The van der Waals surface area contributed by atoms with E-state index in [-0.39, 0.29) is 21.3 Å². The quantitative estimate of drug-likeness (QED) is 0.787. The molecule has 2 amide bonds.